The number of aromatic nitrogens is 2. The summed E-state index contributed by atoms with van der Waals surface area (Å²) in [5.74, 6) is -0.487. The SMILES string of the molecule is CC(C)(C)OC(=O)OC(=O)OC(C)(C)C.CCc1ccc(C(CN)C(=O)Cc2ccc3cnccc3c2)cc1.CCc1ccc(C(CNC(=O)OC(C)(C)C)C(=O)Cc2ccc3cnccc3c2)cc1. The van der Waals surface area contributed by atoms with E-state index in [0.29, 0.717) is 13.0 Å². The van der Waals surface area contributed by atoms with E-state index >= 15 is 0 Å². The quantitative estimate of drug-likeness (QED) is 0.0635. The number of Topliss-reactive ketones (excluding diaryl/α,β-unsaturated/α-hetero) is 2. The molecule has 13 heteroatoms. The number of fused-ring (bicyclic) bond motifs is 2. The van der Waals surface area contributed by atoms with Crippen LogP contribution in [0.25, 0.3) is 21.5 Å². The number of carbonyl (C=O) groups is 5. The minimum Gasteiger partial charge on any atom is -0.444 e. The molecule has 0 fully saturated rings. The van der Waals surface area contributed by atoms with Gasteiger partial charge in [0.05, 0.1) is 11.8 Å². The summed E-state index contributed by atoms with van der Waals surface area (Å²) in [6, 6.07) is 32.2. The molecule has 0 radical (unpaired) electrons. The summed E-state index contributed by atoms with van der Waals surface area (Å²) in [6.45, 7) is 20.2. The molecule has 6 rings (SSSR count). The molecular formula is C57H70N4O9. The zero-order valence-corrected chi connectivity index (χ0v) is 42.6. The van der Waals surface area contributed by atoms with Gasteiger partial charge in [-0.05, 0) is 131 Å². The molecule has 2 heterocycles. The summed E-state index contributed by atoms with van der Waals surface area (Å²) in [7, 11) is 0. The number of nitrogens with one attached hydrogen (secondary N) is 1. The van der Waals surface area contributed by atoms with Crippen LogP contribution in [0.1, 0.15) is 121 Å². The van der Waals surface area contributed by atoms with Crippen LogP contribution in [-0.4, -0.2) is 69.8 Å². The highest BCUT2D eigenvalue weighted by Crippen LogP contribution is 2.24. The summed E-state index contributed by atoms with van der Waals surface area (Å²) in [5.41, 5.74) is 10.2. The van der Waals surface area contributed by atoms with Crippen LogP contribution in [0, 0.1) is 0 Å². The van der Waals surface area contributed by atoms with Gasteiger partial charge in [0, 0.05) is 61.5 Å². The Morgan fingerprint density at radius 1 is 0.514 bits per heavy atom. The van der Waals surface area contributed by atoms with Gasteiger partial charge in [0.25, 0.3) is 0 Å². The zero-order valence-electron chi connectivity index (χ0n) is 42.6. The van der Waals surface area contributed by atoms with E-state index < -0.39 is 41.1 Å². The standard InChI is InChI=1S/C26H30N2O3.C21H22N2O.C10H18O5/c1-5-18-6-9-20(10-7-18)23(17-28-25(30)31-26(2,3)4)24(29)15-19-8-11-22-16-27-13-12-21(22)14-19;1-2-15-3-6-17(7-4-15)20(13-22)21(24)12-16-5-8-19-14-23-10-9-18(19)11-16;1-9(2,3)14-7(11)13-8(12)15-10(4,5)6/h6-14,16,23H,5,15,17H2,1-4H3,(H,28,30);3-11,14,20H,2,12-13,22H2,1H3;1-6H3. The van der Waals surface area contributed by atoms with Crippen molar-refractivity contribution in [1.29, 1.82) is 0 Å². The molecule has 0 saturated heterocycles. The van der Waals surface area contributed by atoms with Crippen molar-refractivity contribution >= 4 is 51.5 Å². The number of aryl methyl sites for hydroxylation is 2. The monoisotopic (exact) mass is 955 g/mol. The Labute approximate surface area is 412 Å². The van der Waals surface area contributed by atoms with E-state index in [-0.39, 0.29) is 30.4 Å². The fourth-order valence-corrected chi connectivity index (χ4v) is 7.09. The molecule has 3 N–H and O–H groups in total. The summed E-state index contributed by atoms with van der Waals surface area (Å²) in [4.78, 5) is 68.5. The number of nitrogens with zero attached hydrogens (tertiary/aromatic N) is 2. The summed E-state index contributed by atoms with van der Waals surface area (Å²) >= 11 is 0. The lowest BCUT2D eigenvalue weighted by Gasteiger charge is -2.22. The smallest absolute Gasteiger partial charge is 0.444 e. The number of amides is 1. The fourth-order valence-electron chi connectivity index (χ4n) is 7.09. The first-order chi connectivity index (χ1) is 32.9. The lowest BCUT2D eigenvalue weighted by Crippen LogP contribution is -2.36. The van der Waals surface area contributed by atoms with E-state index in [4.69, 9.17) is 19.9 Å². The highest BCUT2D eigenvalue weighted by Gasteiger charge is 2.26. The Morgan fingerprint density at radius 2 is 0.900 bits per heavy atom. The molecule has 0 aliphatic carbocycles. The van der Waals surface area contributed by atoms with Gasteiger partial charge in [0.2, 0.25) is 0 Å². The molecule has 0 aliphatic rings. The summed E-state index contributed by atoms with van der Waals surface area (Å²) in [6.07, 6.45) is 7.13. The maximum atomic E-state index is 13.3. The minimum atomic E-state index is -1.06. The van der Waals surface area contributed by atoms with E-state index in [1.807, 2.05) is 112 Å². The van der Waals surface area contributed by atoms with Crippen molar-refractivity contribution in [3.05, 3.63) is 155 Å². The Bertz CT molecular complexity index is 2650. The Morgan fingerprint density at radius 3 is 1.29 bits per heavy atom. The predicted octanol–water partition coefficient (Wildman–Crippen LogP) is 11.7. The minimum absolute atomic E-state index is 0.0497. The molecule has 2 aromatic heterocycles. The van der Waals surface area contributed by atoms with Gasteiger partial charge in [-0.2, -0.15) is 0 Å². The first kappa shape index (κ1) is 55.6. The molecule has 0 spiro atoms. The van der Waals surface area contributed by atoms with Gasteiger partial charge in [-0.15, -0.1) is 0 Å². The van der Waals surface area contributed by atoms with Crippen molar-refractivity contribution in [3.63, 3.8) is 0 Å². The lowest BCUT2D eigenvalue weighted by atomic mass is 9.90. The largest absolute Gasteiger partial charge is 0.519 e. The average molecular weight is 955 g/mol. The molecule has 2 unspecified atom stereocenters. The molecule has 0 bridgehead atoms. The number of nitrogens with two attached hydrogens (primary N) is 1. The number of hydrogen-bond acceptors (Lipinski definition) is 12. The molecule has 6 aromatic rings. The van der Waals surface area contributed by atoms with Crippen molar-refractivity contribution in [2.75, 3.05) is 13.1 Å². The topological polar surface area (TPSA) is 186 Å². The summed E-state index contributed by atoms with van der Waals surface area (Å²) < 4.78 is 19.1. The van der Waals surface area contributed by atoms with Crippen molar-refractivity contribution < 1.29 is 42.9 Å². The third kappa shape index (κ3) is 19.2. The Balaban J connectivity index is 0.000000243. The highest BCUT2D eigenvalue weighted by molar-refractivity contribution is 5.91. The molecular weight excluding hydrogens is 885 g/mol. The third-order valence-electron chi connectivity index (χ3n) is 10.6. The van der Waals surface area contributed by atoms with Crippen molar-refractivity contribution in [3.8, 4) is 0 Å². The van der Waals surface area contributed by atoms with Gasteiger partial charge in [0.15, 0.2) is 0 Å². The molecule has 2 atom stereocenters. The Hall–Kier alpha value is -6.99. The average Bonchev–Trinajstić information content (AvgIpc) is 3.28. The van der Waals surface area contributed by atoms with Crippen LogP contribution in [-0.2, 0) is 54.2 Å². The second-order valence-electron chi connectivity index (χ2n) is 19.8. The third-order valence-corrected chi connectivity index (χ3v) is 10.6. The summed E-state index contributed by atoms with van der Waals surface area (Å²) in [5, 5.41) is 7.05. The second kappa shape index (κ2) is 25.6. The van der Waals surface area contributed by atoms with Crippen LogP contribution in [0.4, 0.5) is 14.4 Å². The van der Waals surface area contributed by atoms with Crippen LogP contribution in [0.3, 0.4) is 0 Å². The maximum absolute atomic E-state index is 13.3. The van der Waals surface area contributed by atoms with Crippen LogP contribution >= 0.6 is 0 Å². The van der Waals surface area contributed by atoms with Gasteiger partial charge in [-0.25, -0.2) is 14.4 Å². The van der Waals surface area contributed by atoms with E-state index in [2.05, 4.69) is 52.1 Å². The van der Waals surface area contributed by atoms with Gasteiger partial charge in [-0.3, -0.25) is 19.6 Å². The van der Waals surface area contributed by atoms with E-state index in [1.54, 1.807) is 53.9 Å². The highest BCUT2D eigenvalue weighted by atomic mass is 16.8. The number of hydrogen-bond donors (Lipinski definition) is 2. The number of ether oxygens (including phenoxy) is 4. The van der Waals surface area contributed by atoms with E-state index in [0.717, 1.165) is 56.6 Å². The van der Waals surface area contributed by atoms with Gasteiger partial charge in [-0.1, -0.05) is 98.8 Å². The van der Waals surface area contributed by atoms with Crippen molar-refractivity contribution in [1.82, 2.24) is 15.3 Å². The normalized spacial score (nSPS) is 12.2. The first-order valence-electron chi connectivity index (χ1n) is 23.6. The first-order valence-corrected chi connectivity index (χ1v) is 23.6. The second-order valence-corrected chi connectivity index (χ2v) is 19.8. The van der Waals surface area contributed by atoms with Gasteiger partial charge >= 0.3 is 18.4 Å². The predicted molar refractivity (Wildman–Crippen MR) is 275 cm³/mol. The van der Waals surface area contributed by atoms with Crippen LogP contribution in [0.15, 0.2) is 122 Å². The Kier molecular flexibility index (Phi) is 20.3. The molecule has 372 valence electrons. The van der Waals surface area contributed by atoms with Gasteiger partial charge < -0.3 is 30.0 Å². The molecule has 0 aliphatic heterocycles. The number of carbonyl (C=O) groups excluding carboxylic acids is 5. The number of ketones is 2. The fraction of sp³-hybridized carbons (Fsp3) is 0.386. The number of alkyl carbamates (subject to hydrolysis) is 1. The molecule has 0 saturated carbocycles. The van der Waals surface area contributed by atoms with Gasteiger partial charge in [0.1, 0.15) is 28.4 Å². The molecule has 4 aromatic carbocycles. The maximum Gasteiger partial charge on any atom is 0.519 e. The number of pyridine rings is 2. The molecule has 1 amide bonds. The van der Waals surface area contributed by atoms with Crippen molar-refractivity contribution in [2.45, 2.75) is 130 Å². The number of benzene rings is 4. The van der Waals surface area contributed by atoms with Crippen molar-refractivity contribution in [2.24, 2.45) is 5.73 Å². The van der Waals surface area contributed by atoms with E-state index in [1.165, 1.54) is 11.1 Å². The van der Waals surface area contributed by atoms with Crippen LogP contribution < -0.4 is 11.1 Å². The molecule has 70 heavy (non-hydrogen) atoms. The van der Waals surface area contributed by atoms with Crippen LogP contribution in [0.2, 0.25) is 0 Å². The molecule has 13 nitrogen and oxygen atoms in total. The lowest BCUT2D eigenvalue weighted by molar-refractivity contribution is -0.120. The number of rotatable bonds is 13. The van der Waals surface area contributed by atoms with E-state index in [9.17, 15) is 24.0 Å². The zero-order chi connectivity index (χ0) is 51.6. The van der Waals surface area contributed by atoms with Crippen LogP contribution in [0.5, 0.6) is 0 Å².